The Morgan fingerprint density at radius 3 is 2.39 bits per heavy atom. The van der Waals surface area contributed by atoms with E-state index in [0.717, 1.165) is 16.7 Å². The van der Waals surface area contributed by atoms with Crippen LogP contribution in [0.3, 0.4) is 0 Å². The van der Waals surface area contributed by atoms with Gasteiger partial charge in [0.25, 0.3) is 5.91 Å². The Morgan fingerprint density at radius 1 is 0.861 bits per heavy atom. The molecule has 178 valence electrons. The van der Waals surface area contributed by atoms with Gasteiger partial charge in [-0.2, -0.15) is 5.10 Å². The van der Waals surface area contributed by atoms with Crippen LogP contribution in [0, 0.1) is 13.8 Å². The molecule has 0 saturated heterocycles. The summed E-state index contributed by atoms with van der Waals surface area (Å²) >= 11 is 0. The van der Waals surface area contributed by atoms with Crippen LogP contribution >= 0.6 is 0 Å². The van der Waals surface area contributed by atoms with Gasteiger partial charge in [0, 0.05) is 11.1 Å². The Bertz CT molecular complexity index is 1560. The fraction of sp³-hybridized carbons (Fsp3) is 0.0690. The summed E-state index contributed by atoms with van der Waals surface area (Å²) in [7, 11) is 0. The first-order chi connectivity index (χ1) is 17.3. The molecule has 7 nitrogen and oxygen atoms in total. The van der Waals surface area contributed by atoms with Crippen molar-refractivity contribution in [2.75, 3.05) is 10.3 Å². The molecule has 1 aliphatic heterocycles. The molecule has 1 heterocycles. The van der Waals surface area contributed by atoms with Crippen LogP contribution in [0.4, 0.5) is 17.1 Å². The Labute approximate surface area is 208 Å². The first kappa shape index (κ1) is 22.9. The van der Waals surface area contributed by atoms with E-state index in [1.807, 2.05) is 38.1 Å². The van der Waals surface area contributed by atoms with Crippen molar-refractivity contribution in [2.24, 2.45) is 5.10 Å². The lowest BCUT2D eigenvalue weighted by molar-refractivity contribution is -0.111. The number of phenolic OH excluding ortho intramolecular Hbond substituents is 1. The molecule has 4 aromatic carbocycles. The second-order valence-electron chi connectivity index (χ2n) is 8.59. The average Bonchev–Trinajstić information content (AvgIpc) is 3.16. The number of aromatic carboxylic acids is 1. The van der Waals surface area contributed by atoms with Crippen molar-refractivity contribution < 1.29 is 19.8 Å². The minimum atomic E-state index is -1.08. The fourth-order valence-corrected chi connectivity index (χ4v) is 4.23. The molecule has 0 saturated carbocycles. The van der Waals surface area contributed by atoms with Crippen LogP contribution in [0.25, 0.3) is 11.1 Å². The molecule has 7 heteroatoms. The normalized spacial score (nSPS) is 13.7. The quantitative estimate of drug-likeness (QED) is 0.246. The van der Waals surface area contributed by atoms with E-state index in [4.69, 9.17) is 0 Å². The van der Waals surface area contributed by atoms with Gasteiger partial charge in [-0.15, -0.1) is 0 Å². The largest absolute Gasteiger partial charge is 0.505 e. The summed E-state index contributed by atoms with van der Waals surface area (Å²) in [6, 6.07) is 24.6. The minimum Gasteiger partial charge on any atom is -0.505 e. The van der Waals surface area contributed by atoms with E-state index in [1.165, 1.54) is 17.0 Å². The highest BCUT2D eigenvalue weighted by molar-refractivity contribution is 6.55. The number of carboxylic acids is 1. The molecular weight excluding hydrogens is 454 g/mol. The zero-order chi connectivity index (χ0) is 25.4. The van der Waals surface area contributed by atoms with Crippen LogP contribution < -0.4 is 10.3 Å². The molecule has 0 aromatic heterocycles. The van der Waals surface area contributed by atoms with Crippen LogP contribution in [0.1, 0.15) is 27.0 Å². The number of para-hydroxylation sites is 2. The molecule has 0 spiro atoms. The Morgan fingerprint density at radius 2 is 1.61 bits per heavy atom. The van der Waals surface area contributed by atoms with Crippen LogP contribution in [-0.4, -0.2) is 27.8 Å². The summed E-state index contributed by atoms with van der Waals surface area (Å²) in [5.74, 6) is -1.46. The van der Waals surface area contributed by atoms with Crippen molar-refractivity contribution in [3.05, 3.63) is 107 Å². The zero-order valence-electron chi connectivity index (χ0n) is 19.7. The van der Waals surface area contributed by atoms with E-state index >= 15 is 0 Å². The maximum atomic E-state index is 13.5. The number of hydrazone groups is 1. The molecule has 0 aliphatic carbocycles. The lowest BCUT2D eigenvalue weighted by Crippen LogP contribution is -2.26. The monoisotopic (exact) mass is 477 g/mol. The summed E-state index contributed by atoms with van der Waals surface area (Å²) in [6.07, 6.45) is 0. The number of aromatic hydroxyl groups is 1. The summed E-state index contributed by atoms with van der Waals surface area (Å²) in [4.78, 5) is 26.3. The van der Waals surface area contributed by atoms with E-state index < -0.39 is 11.9 Å². The summed E-state index contributed by atoms with van der Waals surface area (Å²) in [5.41, 5.74) is 8.87. The van der Waals surface area contributed by atoms with E-state index in [2.05, 4.69) is 10.5 Å². The highest BCUT2D eigenvalue weighted by atomic mass is 16.4. The average molecular weight is 478 g/mol. The Hall–Kier alpha value is -4.91. The van der Waals surface area contributed by atoms with Crippen LogP contribution in [-0.2, 0) is 4.79 Å². The molecule has 0 bridgehead atoms. The van der Waals surface area contributed by atoms with Crippen molar-refractivity contribution in [3.8, 4) is 16.9 Å². The number of amides is 1. The molecule has 1 amide bonds. The molecule has 0 fully saturated rings. The van der Waals surface area contributed by atoms with Gasteiger partial charge in [-0.25, -0.2) is 4.79 Å². The predicted octanol–water partition coefficient (Wildman–Crippen LogP) is 5.87. The second kappa shape index (κ2) is 9.03. The second-order valence-corrected chi connectivity index (χ2v) is 8.59. The number of anilines is 3. The van der Waals surface area contributed by atoms with Gasteiger partial charge in [-0.1, -0.05) is 54.6 Å². The van der Waals surface area contributed by atoms with Crippen molar-refractivity contribution >= 4 is 34.7 Å². The number of carboxylic acid groups (broad SMARTS) is 1. The molecule has 5 rings (SSSR count). The summed E-state index contributed by atoms with van der Waals surface area (Å²) in [6.45, 7) is 4.05. The lowest BCUT2D eigenvalue weighted by atomic mass is 9.99. The number of benzene rings is 4. The van der Waals surface area contributed by atoms with Gasteiger partial charge >= 0.3 is 5.97 Å². The number of hydrogen-bond donors (Lipinski definition) is 3. The maximum Gasteiger partial charge on any atom is 0.335 e. The molecule has 1 aliphatic rings. The Balaban J connectivity index is 1.51. The highest BCUT2D eigenvalue weighted by Crippen LogP contribution is 2.38. The van der Waals surface area contributed by atoms with Crippen molar-refractivity contribution in [3.63, 3.8) is 0 Å². The molecule has 4 aromatic rings. The molecular formula is C29H23N3O4. The number of phenols is 1. The SMILES string of the molecule is Cc1ccc(-c2cccc(N/N=C3\C(=O)N(c4cccc(C(=O)O)c4)c4ccccc43)c2O)cc1C. The van der Waals surface area contributed by atoms with Gasteiger partial charge in [0.1, 0.15) is 5.75 Å². The third kappa shape index (κ3) is 3.96. The number of rotatable bonds is 5. The van der Waals surface area contributed by atoms with Crippen molar-refractivity contribution in [1.82, 2.24) is 0 Å². The van der Waals surface area contributed by atoms with Gasteiger partial charge in [-0.05, 0) is 60.9 Å². The fourth-order valence-electron chi connectivity index (χ4n) is 4.23. The Kier molecular flexibility index (Phi) is 5.74. The van der Waals surface area contributed by atoms with Gasteiger partial charge in [0.05, 0.1) is 22.6 Å². The van der Waals surface area contributed by atoms with Crippen LogP contribution in [0.15, 0.2) is 90.0 Å². The molecule has 0 atom stereocenters. The number of hydrogen-bond acceptors (Lipinski definition) is 5. The number of nitrogens with one attached hydrogen (secondary N) is 1. The topological polar surface area (TPSA) is 102 Å². The van der Waals surface area contributed by atoms with E-state index in [9.17, 15) is 19.8 Å². The van der Waals surface area contributed by atoms with E-state index in [1.54, 1.807) is 48.5 Å². The number of aryl methyl sites for hydroxylation is 2. The smallest absolute Gasteiger partial charge is 0.335 e. The number of carbonyl (C=O) groups is 2. The van der Waals surface area contributed by atoms with Crippen LogP contribution in [0.2, 0.25) is 0 Å². The summed E-state index contributed by atoms with van der Waals surface area (Å²) in [5, 5.41) is 24.7. The van der Waals surface area contributed by atoms with Crippen molar-refractivity contribution in [1.29, 1.82) is 0 Å². The highest BCUT2D eigenvalue weighted by Gasteiger charge is 2.35. The third-order valence-corrected chi connectivity index (χ3v) is 6.30. The minimum absolute atomic E-state index is 0.0230. The number of fused-ring (bicyclic) bond motifs is 1. The number of nitrogens with zero attached hydrogens (tertiary/aromatic N) is 2. The van der Waals surface area contributed by atoms with Gasteiger partial charge in [0.2, 0.25) is 0 Å². The standard InChI is InChI=1S/C29H23N3O4/c1-17-13-14-19(15-18(17)2)22-10-6-11-24(27(22)33)30-31-26-23-9-3-4-12-25(23)32(28(26)34)21-8-5-7-20(16-21)29(35)36/h3-16,30,33H,1-2H3,(H,35,36)/b31-26-. The third-order valence-electron chi connectivity index (χ3n) is 6.30. The van der Waals surface area contributed by atoms with Gasteiger partial charge in [-0.3, -0.25) is 15.1 Å². The first-order valence-corrected chi connectivity index (χ1v) is 11.4. The van der Waals surface area contributed by atoms with E-state index in [0.29, 0.717) is 28.2 Å². The van der Waals surface area contributed by atoms with Gasteiger partial charge < -0.3 is 10.2 Å². The predicted molar refractivity (Wildman–Crippen MR) is 140 cm³/mol. The number of carbonyl (C=O) groups excluding carboxylic acids is 1. The molecule has 0 radical (unpaired) electrons. The first-order valence-electron chi connectivity index (χ1n) is 11.4. The van der Waals surface area contributed by atoms with E-state index in [-0.39, 0.29) is 17.0 Å². The van der Waals surface area contributed by atoms with Gasteiger partial charge in [0.15, 0.2) is 5.71 Å². The van der Waals surface area contributed by atoms with Crippen LogP contribution in [0.5, 0.6) is 5.75 Å². The summed E-state index contributed by atoms with van der Waals surface area (Å²) < 4.78 is 0. The molecule has 3 N–H and O–H groups in total. The molecule has 36 heavy (non-hydrogen) atoms. The molecule has 0 unspecified atom stereocenters. The zero-order valence-corrected chi connectivity index (χ0v) is 19.7. The maximum absolute atomic E-state index is 13.5. The lowest BCUT2D eigenvalue weighted by Gasteiger charge is -2.17. The van der Waals surface area contributed by atoms with Crippen molar-refractivity contribution in [2.45, 2.75) is 13.8 Å².